The standard InChI is InChI=1S/C52H28N6/c53-29-33-12-17-36(18-13-33)38-21-24-48-43(27-38)41-7-1-3-9-46(41)57(48)50-23-16-35(31-55)26-45(50)52-40(32-56)6-5-11-51(52)58-47-10-4-2-8-42(47)44-28-39(22-25-49(44)58)37-19-14-34(30-54)15-20-37/h1-28H. The molecule has 0 aliphatic carbocycles. The summed E-state index contributed by atoms with van der Waals surface area (Å²) in [5.41, 5.74) is 13.3. The van der Waals surface area contributed by atoms with Gasteiger partial charge in [0.2, 0.25) is 0 Å². The molecule has 8 aromatic carbocycles. The van der Waals surface area contributed by atoms with Crippen molar-refractivity contribution in [1.82, 2.24) is 9.13 Å². The number of nitrogens with zero attached hydrogens (tertiary/aromatic N) is 6. The molecule has 2 heterocycles. The largest absolute Gasteiger partial charge is 0.309 e. The Hall–Kier alpha value is -8.68. The van der Waals surface area contributed by atoms with Crippen molar-refractivity contribution < 1.29 is 0 Å². The van der Waals surface area contributed by atoms with E-state index in [2.05, 4.69) is 100 Å². The second-order valence-corrected chi connectivity index (χ2v) is 14.2. The lowest BCUT2D eigenvalue weighted by molar-refractivity contribution is 1.16. The Bertz CT molecular complexity index is 3480. The second-order valence-electron chi connectivity index (χ2n) is 14.2. The molecule has 2 aromatic heterocycles. The Morgan fingerprint density at radius 3 is 1.31 bits per heavy atom. The van der Waals surface area contributed by atoms with Crippen LogP contribution in [-0.4, -0.2) is 9.13 Å². The Morgan fingerprint density at radius 2 is 0.793 bits per heavy atom. The number of nitriles is 4. The summed E-state index contributed by atoms with van der Waals surface area (Å²) in [5.74, 6) is 0. The summed E-state index contributed by atoms with van der Waals surface area (Å²) in [5, 5.41) is 44.1. The van der Waals surface area contributed by atoms with Gasteiger partial charge >= 0.3 is 0 Å². The minimum Gasteiger partial charge on any atom is -0.309 e. The zero-order valence-electron chi connectivity index (χ0n) is 30.8. The van der Waals surface area contributed by atoms with Gasteiger partial charge in [-0.05, 0) is 113 Å². The third-order valence-electron chi connectivity index (χ3n) is 11.1. The van der Waals surface area contributed by atoms with Crippen molar-refractivity contribution in [3.63, 3.8) is 0 Å². The van der Waals surface area contributed by atoms with E-state index in [1.54, 1.807) is 0 Å². The van der Waals surface area contributed by atoms with Crippen molar-refractivity contribution >= 4 is 43.6 Å². The number of para-hydroxylation sites is 2. The van der Waals surface area contributed by atoms with Crippen LogP contribution in [0.2, 0.25) is 0 Å². The molecule has 0 unspecified atom stereocenters. The highest BCUT2D eigenvalue weighted by Crippen LogP contribution is 2.43. The van der Waals surface area contributed by atoms with Gasteiger partial charge in [-0.2, -0.15) is 21.0 Å². The van der Waals surface area contributed by atoms with E-state index in [1.165, 1.54) is 0 Å². The lowest BCUT2D eigenvalue weighted by Gasteiger charge is -2.20. The van der Waals surface area contributed by atoms with Gasteiger partial charge in [-0.1, -0.05) is 78.9 Å². The highest BCUT2D eigenvalue weighted by molar-refractivity contribution is 6.13. The zero-order valence-corrected chi connectivity index (χ0v) is 30.8. The molecule has 0 amide bonds. The van der Waals surface area contributed by atoms with Crippen LogP contribution in [0.3, 0.4) is 0 Å². The molecule has 58 heavy (non-hydrogen) atoms. The first kappa shape index (κ1) is 33.9. The molecule has 0 radical (unpaired) electrons. The van der Waals surface area contributed by atoms with Gasteiger partial charge in [0, 0.05) is 32.7 Å². The average Bonchev–Trinajstić information content (AvgIpc) is 3.80. The van der Waals surface area contributed by atoms with Crippen LogP contribution in [0.25, 0.3) is 88.4 Å². The molecule has 0 aliphatic rings. The molecule has 0 saturated carbocycles. The quantitative estimate of drug-likeness (QED) is 0.175. The van der Waals surface area contributed by atoms with Gasteiger partial charge in [0.15, 0.2) is 0 Å². The van der Waals surface area contributed by atoms with Gasteiger partial charge in [-0.25, -0.2) is 0 Å². The van der Waals surface area contributed by atoms with E-state index in [1.807, 2.05) is 103 Å². The fraction of sp³-hybridized carbons (Fsp3) is 0. The minimum absolute atomic E-state index is 0.482. The van der Waals surface area contributed by atoms with Crippen molar-refractivity contribution in [2.75, 3.05) is 0 Å². The van der Waals surface area contributed by atoms with Crippen LogP contribution >= 0.6 is 0 Å². The number of aromatic nitrogens is 2. The third kappa shape index (κ3) is 5.31. The zero-order chi connectivity index (χ0) is 39.3. The van der Waals surface area contributed by atoms with Crippen molar-refractivity contribution in [3.05, 3.63) is 192 Å². The number of rotatable bonds is 5. The van der Waals surface area contributed by atoms with E-state index < -0.39 is 0 Å². The SMILES string of the molecule is N#Cc1ccc(-c2ccc3c(c2)c2ccccc2n3-c2ccc(C#N)cc2-c2c(C#N)cccc2-n2c3ccccc3c3cc(-c4ccc(C#N)cc4)ccc32)cc1. The van der Waals surface area contributed by atoms with Crippen LogP contribution in [0.1, 0.15) is 22.3 Å². The predicted molar refractivity (Wildman–Crippen MR) is 230 cm³/mol. The van der Waals surface area contributed by atoms with Gasteiger partial charge in [-0.15, -0.1) is 0 Å². The molecule has 6 nitrogen and oxygen atoms in total. The Kier molecular flexibility index (Phi) is 7.92. The first-order valence-electron chi connectivity index (χ1n) is 18.7. The van der Waals surface area contributed by atoms with Gasteiger partial charge in [-0.3, -0.25) is 0 Å². The maximum Gasteiger partial charge on any atom is 0.0998 e. The van der Waals surface area contributed by atoms with E-state index in [4.69, 9.17) is 0 Å². The van der Waals surface area contributed by atoms with Crippen LogP contribution in [-0.2, 0) is 0 Å². The van der Waals surface area contributed by atoms with E-state index in [0.29, 0.717) is 22.3 Å². The highest BCUT2D eigenvalue weighted by atomic mass is 15.0. The first-order chi connectivity index (χ1) is 28.6. The molecule has 0 aliphatic heterocycles. The maximum absolute atomic E-state index is 10.8. The van der Waals surface area contributed by atoms with E-state index in [-0.39, 0.29) is 0 Å². The van der Waals surface area contributed by atoms with Gasteiger partial charge in [0.05, 0.1) is 80.0 Å². The molecule has 0 N–H and O–H groups in total. The highest BCUT2D eigenvalue weighted by Gasteiger charge is 2.23. The molecular weight excluding hydrogens is 709 g/mol. The molecule has 6 heteroatoms. The molecular formula is C52H28N6. The molecule has 266 valence electrons. The van der Waals surface area contributed by atoms with Crippen molar-refractivity contribution in [3.8, 4) is 69.0 Å². The molecule has 10 aromatic rings. The summed E-state index contributed by atoms with van der Waals surface area (Å²) in [6.07, 6.45) is 0. The number of fused-ring (bicyclic) bond motifs is 6. The number of hydrogen-bond acceptors (Lipinski definition) is 4. The minimum atomic E-state index is 0.482. The van der Waals surface area contributed by atoms with Crippen LogP contribution in [0.5, 0.6) is 0 Å². The van der Waals surface area contributed by atoms with Crippen molar-refractivity contribution in [2.24, 2.45) is 0 Å². The van der Waals surface area contributed by atoms with Crippen LogP contribution in [0.15, 0.2) is 170 Å². The smallest absolute Gasteiger partial charge is 0.0998 e. The van der Waals surface area contributed by atoms with Crippen LogP contribution < -0.4 is 0 Å². The fourth-order valence-electron chi connectivity index (χ4n) is 8.40. The Morgan fingerprint density at radius 1 is 0.328 bits per heavy atom. The third-order valence-corrected chi connectivity index (χ3v) is 11.1. The summed E-state index contributed by atoms with van der Waals surface area (Å²) < 4.78 is 4.46. The topological polar surface area (TPSA) is 105 Å². The second kappa shape index (κ2) is 13.6. The summed E-state index contributed by atoms with van der Waals surface area (Å²) in [6, 6.07) is 65.4. The van der Waals surface area contributed by atoms with E-state index in [0.717, 1.165) is 88.4 Å². The molecule has 10 rings (SSSR count). The molecule has 0 fully saturated rings. The van der Waals surface area contributed by atoms with Gasteiger partial charge in [0.25, 0.3) is 0 Å². The fourth-order valence-corrected chi connectivity index (χ4v) is 8.40. The predicted octanol–water partition coefficient (Wildman–Crippen LogP) is 12.4. The lowest BCUT2D eigenvalue weighted by Crippen LogP contribution is -2.03. The molecule has 0 bridgehead atoms. The molecule has 0 atom stereocenters. The van der Waals surface area contributed by atoms with Crippen LogP contribution in [0.4, 0.5) is 0 Å². The Labute approximate surface area is 333 Å². The number of hydrogen-bond donors (Lipinski definition) is 0. The summed E-state index contributed by atoms with van der Waals surface area (Å²) >= 11 is 0. The summed E-state index contributed by atoms with van der Waals surface area (Å²) in [6.45, 7) is 0. The lowest BCUT2D eigenvalue weighted by atomic mass is 9.94. The average molecular weight is 737 g/mol. The monoisotopic (exact) mass is 736 g/mol. The van der Waals surface area contributed by atoms with Gasteiger partial charge < -0.3 is 9.13 Å². The van der Waals surface area contributed by atoms with Crippen molar-refractivity contribution in [2.45, 2.75) is 0 Å². The van der Waals surface area contributed by atoms with Crippen molar-refractivity contribution in [1.29, 1.82) is 21.0 Å². The maximum atomic E-state index is 10.8. The summed E-state index contributed by atoms with van der Waals surface area (Å²) in [4.78, 5) is 0. The normalized spacial score (nSPS) is 11.0. The first-order valence-corrected chi connectivity index (χ1v) is 18.7. The van der Waals surface area contributed by atoms with Crippen LogP contribution in [0, 0.1) is 45.3 Å². The van der Waals surface area contributed by atoms with E-state index in [9.17, 15) is 21.0 Å². The molecule has 0 saturated heterocycles. The molecule has 0 spiro atoms. The summed E-state index contributed by atoms with van der Waals surface area (Å²) in [7, 11) is 0. The number of benzene rings is 8. The Balaban J connectivity index is 1.24. The van der Waals surface area contributed by atoms with Gasteiger partial charge in [0.1, 0.15) is 0 Å². The van der Waals surface area contributed by atoms with E-state index >= 15 is 0 Å².